The highest BCUT2D eigenvalue weighted by atomic mass is 16.5. The van der Waals surface area contributed by atoms with Gasteiger partial charge in [-0.2, -0.15) is 0 Å². The second-order valence-electron chi connectivity index (χ2n) is 5.04. The molecule has 0 atom stereocenters. The largest absolute Gasteiger partial charge is 0.394 e. The molecule has 1 fully saturated rings. The van der Waals surface area contributed by atoms with Gasteiger partial charge in [-0.25, -0.2) is 0 Å². The lowest BCUT2D eigenvalue weighted by molar-refractivity contribution is -0.0838. The lowest BCUT2D eigenvalue weighted by atomic mass is 9.74. The second-order valence-corrected chi connectivity index (χ2v) is 5.04. The van der Waals surface area contributed by atoms with Crippen LogP contribution in [0, 0.1) is 11.8 Å². The topological polar surface area (TPSA) is 55.5 Å². The van der Waals surface area contributed by atoms with Crippen molar-refractivity contribution in [2.24, 2.45) is 17.6 Å². The minimum absolute atomic E-state index is 0.0926. The van der Waals surface area contributed by atoms with Gasteiger partial charge in [0.2, 0.25) is 0 Å². The summed E-state index contributed by atoms with van der Waals surface area (Å²) in [5.41, 5.74) is 5.65. The van der Waals surface area contributed by atoms with Gasteiger partial charge in [0.1, 0.15) is 0 Å². The summed E-state index contributed by atoms with van der Waals surface area (Å²) in [5.74, 6) is 1.58. The van der Waals surface area contributed by atoms with Crippen LogP contribution in [0.4, 0.5) is 0 Å². The second kappa shape index (κ2) is 5.83. The maximum atomic E-state index is 8.78. The SMILES string of the molecule is CC(C)C1CCC(CN)(OCCO)CC1. The maximum Gasteiger partial charge on any atom is 0.0805 e. The molecule has 1 rings (SSSR count). The normalized spacial score (nSPS) is 32.2. The molecule has 1 saturated carbocycles. The van der Waals surface area contributed by atoms with Crippen molar-refractivity contribution < 1.29 is 9.84 Å². The molecule has 0 spiro atoms. The van der Waals surface area contributed by atoms with E-state index in [2.05, 4.69) is 13.8 Å². The van der Waals surface area contributed by atoms with Crippen LogP contribution in [0.25, 0.3) is 0 Å². The van der Waals surface area contributed by atoms with E-state index in [1.165, 1.54) is 12.8 Å². The fraction of sp³-hybridized carbons (Fsp3) is 1.00. The molecule has 0 aromatic heterocycles. The van der Waals surface area contributed by atoms with Crippen LogP contribution in [0.15, 0.2) is 0 Å². The van der Waals surface area contributed by atoms with Gasteiger partial charge in [0.25, 0.3) is 0 Å². The summed E-state index contributed by atoms with van der Waals surface area (Å²) in [7, 11) is 0. The predicted molar refractivity (Wildman–Crippen MR) is 61.6 cm³/mol. The number of hydrogen-bond acceptors (Lipinski definition) is 3. The highest BCUT2D eigenvalue weighted by molar-refractivity contribution is 4.88. The molecule has 0 amide bonds. The van der Waals surface area contributed by atoms with Crippen molar-refractivity contribution in [2.45, 2.75) is 45.1 Å². The summed E-state index contributed by atoms with van der Waals surface area (Å²) >= 11 is 0. The van der Waals surface area contributed by atoms with Crippen LogP contribution < -0.4 is 5.73 Å². The molecule has 1 aliphatic rings. The van der Waals surface area contributed by atoms with Gasteiger partial charge in [0, 0.05) is 6.54 Å². The fourth-order valence-corrected chi connectivity index (χ4v) is 2.50. The van der Waals surface area contributed by atoms with Crippen LogP contribution >= 0.6 is 0 Å². The number of rotatable bonds is 5. The standard InChI is InChI=1S/C12H25NO2/c1-10(2)11-3-5-12(9-13,6-4-11)15-8-7-14/h10-11,14H,3-9,13H2,1-2H3. The molecule has 0 unspecified atom stereocenters. The summed E-state index contributed by atoms with van der Waals surface area (Å²) in [6.45, 7) is 5.67. The molecule has 3 heteroatoms. The third-order valence-electron chi connectivity index (χ3n) is 3.76. The van der Waals surface area contributed by atoms with Crippen LogP contribution in [0.5, 0.6) is 0 Å². The van der Waals surface area contributed by atoms with Crippen molar-refractivity contribution in [3.63, 3.8) is 0 Å². The summed E-state index contributed by atoms with van der Waals surface area (Å²) < 4.78 is 5.72. The highest BCUT2D eigenvalue weighted by Gasteiger charge is 2.35. The molecule has 0 saturated heterocycles. The van der Waals surface area contributed by atoms with E-state index in [0.29, 0.717) is 13.2 Å². The smallest absolute Gasteiger partial charge is 0.0805 e. The van der Waals surface area contributed by atoms with E-state index in [-0.39, 0.29) is 12.2 Å². The van der Waals surface area contributed by atoms with Crippen molar-refractivity contribution in [3.8, 4) is 0 Å². The van der Waals surface area contributed by atoms with Gasteiger partial charge in [0.15, 0.2) is 0 Å². The van der Waals surface area contributed by atoms with Gasteiger partial charge in [-0.3, -0.25) is 0 Å². The average Bonchev–Trinajstić information content (AvgIpc) is 2.27. The van der Waals surface area contributed by atoms with E-state index in [0.717, 1.165) is 24.7 Å². The molecule has 0 aromatic carbocycles. The molecule has 90 valence electrons. The van der Waals surface area contributed by atoms with Gasteiger partial charge < -0.3 is 15.6 Å². The quantitative estimate of drug-likeness (QED) is 0.731. The van der Waals surface area contributed by atoms with Gasteiger partial charge in [0.05, 0.1) is 18.8 Å². The first-order chi connectivity index (χ1) is 7.13. The number of hydrogen-bond donors (Lipinski definition) is 2. The predicted octanol–water partition coefficient (Wildman–Crippen LogP) is 1.54. The summed E-state index contributed by atoms with van der Waals surface area (Å²) in [6.07, 6.45) is 4.51. The molecule has 0 radical (unpaired) electrons. The zero-order valence-electron chi connectivity index (χ0n) is 10.0. The third kappa shape index (κ3) is 3.44. The Hall–Kier alpha value is -0.120. The van der Waals surface area contributed by atoms with Crippen molar-refractivity contribution >= 4 is 0 Å². The molecule has 0 heterocycles. The van der Waals surface area contributed by atoms with Gasteiger partial charge >= 0.3 is 0 Å². The van der Waals surface area contributed by atoms with Crippen LogP contribution in [0.2, 0.25) is 0 Å². The minimum atomic E-state index is -0.145. The Morgan fingerprint density at radius 1 is 1.40 bits per heavy atom. The summed E-state index contributed by atoms with van der Waals surface area (Å²) in [6, 6.07) is 0. The monoisotopic (exact) mass is 215 g/mol. The number of ether oxygens (including phenoxy) is 1. The summed E-state index contributed by atoms with van der Waals surface area (Å²) in [5, 5.41) is 8.78. The van der Waals surface area contributed by atoms with Crippen molar-refractivity contribution in [3.05, 3.63) is 0 Å². The van der Waals surface area contributed by atoms with Crippen LogP contribution in [-0.4, -0.2) is 30.5 Å². The maximum absolute atomic E-state index is 8.78. The number of aliphatic hydroxyl groups is 1. The van der Waals surface area contributed by atoms with Crippen molar-refractivity contribution in [1.82, 2.24) is 0 Å². The average molecular weight is 215 g/mol. The van der Waals surface area contributed by atoms with Crippen molar-refractivity contribution in [2.75, 3.05) is 19.8 Å². The molecule has 0 aromatic rings. The zero-order chi connectivity index (χ0) is 11.3. The first-order valence-electron chi connectivity index (χ1n) is 6.08. The Kier molecular flexibility index (Phi) is 5.03. The van der Waals surface area contributed by atoms with Gasteiger partial charge in [-0.05, 0) is 37.5 Å². The molecule has 15 heavy (non-hydrogen) atoms. The summed E-state index contributed by atoms with van der Waals surface area (Å²) in [4.78, 5) is 0. The Morgan fingerprint density at radius 3 is 2.40 bits per heavy atom. The van der Waals surface area contributed by atoms with Crippen molar-refractivity contribution in [1.29, 1.82) is 0 Å². The molecular formula is C12H25NO2. The van der Waals surface area contributed by atoms with Gasteiger partial charge in [-0.1, -0.05) is 13.8 Å². The van der Waals surface area contributed by atoms with E-state index in [9.17, 15) is 0 Å². The van der Waals surface area contributed by atoms with Crippen LogP contribution in [0.1, 0.15) is 39.5 Å². The zero-order valence-corrected chi connectivity index (χ0v) is 10.0. The lowest BCUT2D eigenvalue weighted by Crippen LogP contribution is -2.45. The van der Waals surface area contributed by atoms with E-state index < -0.39 is 0 Å². The molecular weight excluding hydrogens is 190 g/mol. The molecule has 0 bridgehead atoms. The van der Waals surface area contributed by atoms with Crippen LogP contribution in [-0.2, 0) is 4.74 Å². The minimum Gasteiger partial charge on any atom is -0.394 e. The fourth-order valence-electron chi connectivity index (χ4n) is 2.50. The molecule has 0 aliphatic heterocycles. The molecule has 3 N–H and O–H groups in total. The lowest BCUT2D eigenvalue weighted by Gasteiger charge is -2.40. The number of aliphatic hydroxyl groups excluding tert-OH is 1. The van der Waals surface area contributed by atoms with E-state index in [1.807, 2.05) is 0 Å². The number of nitrogens with two attached hydrogens (primary N) is 1. The Labute approximate surface area is 93.0 Å². The van der Waals surface area contributed by atoms with Crippen LogP contribution in [0.3, 0.4) is 0 Å². The highest BCUT2D eigenvalue weighted by Crippen LogP contribution is 2.37. The molecule has 3 nitrogen and oxygen atoms in total. The first-order valence-corrected chi connectivity index (χ1v) is 6.08. The van der Waals surface area contributed by atoms with Gasteiger partial charge in [-0.15, -0.1) is 0 Å². The van der Waals surface area contributed by atoms with E-state index in [4.69, 9.17) is 15.6 Å². The third-order valence-corrected chi connectivity index (χ3v) is 3.76. The Balaban J connectivity index is 2.43. The van der Waals surface area contributed by atoms with E-state index in [1.54, 1.807) is 0 Å². The van der Waals surface area contributed by atoms with E-state index >= 15 is 0 Å². The Bertz CT molecular complexity index is 174. The Morgan fingerprint density at radius 2 is 2.00 bits per heavy atom. The first kappa shape index (κ1) is 12.9. The molecule has 1 aliphatic carbocycles.